The van der Waals surface area contributed by atoms with E-state index in [9.17, 15) is 9.59 Å². The molecule has 2 aromatic rings. The largest absolute Gasteiger partial charge is 0.493 e. The minimum atomic E-state index is -0.810. The molecule has 0 N–H and O–H groups in total. The zero-order chi connectivity index (χ0) is 24.6. The molecule has 184 valence electrons. The van der Waals surface area contributed by atoms with Gasteiger partial charge in [0.25, 0.3) is 0 Å². The lowest BCUT2D eigenvalue weighted by Gasteiger charge is -2.27. The topological polar surface area (TPSA) is 109 Å². The molecule has 1 aromatic heterocycles. The van der Waals surface area contributed by atoms with E-state index >= 15 is 0 Å². The molecule has 0 bridgehead atoms. The summed E-state index contributed by atoms with van der Waals surface area (Å²) in [5.74, 6) is 1.95. The van der Waals surface area contributed by atoms with E-state index in [-0.39, 0.29) is 13.0 Å². The normalized spacial score (nSPS) is 20.2. The van der Waals surface area contributed by atoms with Gasteiger partial charge in [-0.3, -0.25) is 4.90 Å². The molecule has 2 heterocycles. The highest BCUT2D eigenvalue weighted by atomic mass is 16.6. The number of rotatable bonds is 6. The first-order chi connectivity index (χ1) is 16.1. The second-order valence-electron chi connectivity index (χ2n) is 9.53. The summed E-state index contributed by atoms with van der Waals surface area (Å²) in [6.07, 6.45) is 1.22. The van der Waals surface area contributed by atoms with Gasteiger partial charge in [0.15, 0.2) is 11.5 Å². The van der Waals surface area contributed by atoms with Crippen LogP contribution in [-0.2, 0) is 14.3 Å². The number of hydrogen-bond donors (Lipinski definition) is 0. The molecule has 10 heteroatoms. The highest BCUT2D eigenvalue weighted by molar-refractivity contribution is 5.87. The van der Waals surface area contributed by atoms with Crippen LogP contribution < -0.4 is 14.2 Å². The number of carbonyl (C=O) groups excluding carboxylic acids is 2. The molecule has 0 spiro atoms. The van der Waals surface area contributed by atoms with Crippen LogP contribution in [0.1, 0.15) is 51.8 Å². The zero-order valence-corrected chi connectivity index (χ0v) is 20.4. The van der Waals surface area contributed by atoms with Crippen molar-refractivity contribution in [1.82, 2.24) is 14.9 Å². The van der Waals surface area contributed by atoms with Gasteiger partial charge in [0.1, 0.15) is 23.6 Å². The van der Waals surface area contributed by atoms with Crippen LogP contribution in [0.4, 0.5) is 4.79 Å². The fourth-order valence-electron chi connectivity index (χ4n) is 3.98. The smallest absolute Gasteiger partial charge is 0.411 e. The Kier molecular flexibility index (Phi) is 6.42. The number of hydrogen-bond acceptors (Lipinski definition) is 9. The van der Waals surface area contributed by atoms with Gasteiger partial charge in [0.05, 0.1) is 38.8 Å². The second-order valence-corrected chi connectivity index (χ2v) is 9.53. The summed E-state index contributed by atoms with van der Waals surface area (Å²) < 4.78 is 27.6. The third-order valence-corrected chi connectivity index (χ3v) is 5.77. The van der Waals surface area contributed by atoms with Crippen LogP contribution in [-0.4, -0.2) is 72.6 Å². The number of nitrogens with zero attached hydrogens (tertiary/aromatic N) is 3. The Bertz CT molecular complexity index is 1090. The van der Waals surface area contributed by atoms with Crippen molar-refractivity contribution in [3.63, 3.8) is 0 Å². The number of esters is 1. The maximum atomic E-state index is 12.8. The van der Waals surface area contributed by atoms with Gasteiger partial charge in [0.2, 0.25) is 5.88 Å². The predicted octanol–water partition coefficient (Wildman–Crippen LogP) is 3.45. The molecular weight excluding hydrogens is 442 g/mol. The van der Waals surface area contributed by atoms with Crippen molar-refractivity contribution in [2.24, 2.45) is 0 Å². The van der Waals surface area contributed by atoms with E-state index < -0.39 is 29.8 Å². The van der Waals surface area contributed by atoms with Crippen molar-refractivity contribution in [3.05, 3.63) is 18.0 Å². The molecule has 1 aliphatic heterocycles. The van der Waals surface area contributed by atoms with Crippen LogP contribution in [0.2, 0.25) is 0 Å². The molecule has 1 amide bonds. The Morgan fingerprint density at radius 3 is 2.29 bits per heavy atom. The molecule has 2 fully saturated rings. The van der Waals surface area contributed by atoms with E-state index in [1.807, 2.05) is 0 Å². The molecule has 1 saturated carbocycles. The Morgan fingerprint density at radius 1 is 1.03 bits per heavy atom. The number of amides is 1. The molecule has 34 heavy (non-hydrogen) atoms. The number of fused-ring (bicyclic) bond motifs is 1. The number of methoxy groups -OCH3 is 3. The Hall–Kier alpha value is -3.30. The van der Waals surface area contributed by atoms with Crippen molar-refractivity contribution in [3.8, 4) is 17.4 Å². The third-order valence-electron chi connectivity index (χ3n) is 5.77. The lowest BCUT2D eigenvalue weighted by molar-refractivity contribution is -0.145. The van der Waals surface area contributed by atoms with E-state index in [0.717, 1.165) is 12.8 Å². The van der Waals surface area contributed by atoms with Crippen LogP contribution in [0.25, 0.3) is 10.9 Å². The van der Waals surface area contributed by atoms with E-state index in [4.69, 9.17) is 33.7 Å². The highest BCUT2D eigenvalue weighted by Crippen LogP contribution is 2.42. The van der Waals surface area contributed by atoms with E-state index in [2.05, 4.69) is 0 Å². The summed E-state index contributed by atoms with van der Waals surface area (Å²) in [5, 5.41) is 0.660. The summed E-state index contributed by atoms with van der Waals surface area (Å²) >= 11 is 0. The van der Waals surface area contributed by atoms with Crippen molar-refractivity contribution in [2.75, 3.05) is 27.9 Å². The fourth-order valence-corrected chi connectivity index (χ4v) is 3.98. The van der Waals surface area contributed by atoms with Gasteiger partial charge in [-0.15, -0.1) is 0 Å². The highest BCUT2D eigenvalue weighted by Gasteiger charge is 2.43. The number of benzene rings is 1. The molecule has 1 aliphatic carbocycles. The van der Waals surface area contributed by atoms with Crippen LogP contribution in [0.15, 0.2) is 12.1 Å². The Labute approximate surface area is 198 Å². The molecule has 2 atom stereocenters. The van der Waals surface area contributed by atoms with E-state index in [0.29, 0.717) is 40.0 Å². The second kappa shape index (κ2) is 9.15. The van der Waals surface area contributed by atoms with Crippen molar-refractivity contribution >= 4 is 23.0 Å². The lowest BCUT2D eigenvalue weighted by atomic mass is 10.2. The van der Waals surface area contributed by atoms with Crippen LogP contribution in [0, 0.1) is 0 Å². The van der Waals surface area contributed by atoms with Crippen LogP contribution >= 0.6 is 0 Å². The molecule has 2 aliphatic rings. The first kappa shape index (κ1) is 23.8. The average Bonchev–Trinajstić information content (AvgIpc) is 3.56. The molecule has 4 rings (SSSR count). The van der Waals surface area contributed by atoms with Gasteiger partial charge < -0.3 is 23.7 Å². The minimum Gasteiger partial charge on any atom is -0.493 e. The quantitative estimate of drug-likeness (QED) is 0.583. The summed E-state index contributed by atoms with van der Waals surface area (Å²) in [7, 11) is 4.42. The first-order valence-electron chi connectivity index (χ1n) is 11.3. The maximum Gasteiger partial charge on any atom is 0.411 e. The summed E-state index contributed by atoms with van der Waals surface area (Å²) in [4.78, 5) is 36.0. The van der Waals surface area contributed by atoms with Crippen LogP contribution in [0.3, 0.4) is 0 Å². The summed E-state index contributed by atoms with van der Waals surface area (Å²) in [5.41, 5.74) is -0.0232. The molecule has 1 unspecified atom stereocenters. The van der Waals surface area contributed by atoms with Gasteiger partial charge in [-0.25, -0.2) is 14.6 Å². The van der Waals surface area contributed by atoms with Crippen LogP contribution in [0.5, 0.6) is 17.4 Å². The molecule has 0 radical (unpaired) electrons. The van der Waals surface area contributed by atoms with E-state index in [1.165, 1.54) is 12.0 Å². The average molecular weight is 474 g/mol. The van der Waals surface area contributed by atoms with Crippen molar-refractivity contribution in [1.29, 1.82) is 0 Å². The van der Waals surface area contributed by atoms with Gasteiger partial charge in [-0.05, 0) is 39.7 Å². The van der Waals surface area contributed by atoms with Gasteiger partial charge in [0, 0.05) is 18.4 Å². The first-order valence-corrected chi connectivity index (χ1v) is 11.3. The molecule has 10 nitrogen and oxygen atoms in total. The third kappa shape index (κ3) is 4.95. The number of likely N-dealkylation sites (tertiary alicyclic amines) is 1. The SMILES string of the molecule is COC(=O)C1C[C@@H](Oc2nc(C3CC3)nc3cc(OC)c(OC)cc23)CN1C(=O)OC(C)(C)C. The van der Waals surface area contributed by atoms with Gasteiger partial charge in [-0.2, -0.15) is 4.98 Å². The number of carbonyl (C=O) groups is 2. The number of aromatic nitrogens is 2. The summed E-state index contributed by atoms with van der Waals surface area (Å²) in [6.45, 7) is 5.48. The summed E-state index contributed by atoms with van der Waals surface area (Å²) in [6, 6.07) is 2.77. The van der Waals surface area contributed by atoms with Crippen molar-refractivity contribution < 1.29 is 33.3 Å². The number of ether oxygens (including phenoxy) is 5. The van der Waals surface area contributed by atoms with E-state index in [1.54, 1.807) is 47.1 Å². The Morgan fingerprint density at radius 2 is 1.71 bits per heavy atom. The van der Waals surface area contributed by atoms with Gasteiger partial charge in [-0.1, -0.05) is 0 Å². The minimum absolute atomic E-state index is 0.159. The lowest BCUT2D eigenvalue weighted by Crippen LogP contribution is -2.44. The maximum absolute atomic E-state index is 12.8. The zero-order valence-electron chi connectivity index (χ0n) is 20.4. The predicted molar refractivity (Wildman–Crippen MR) is 122 cm³/mol. The molecule has 1 aromatic carbocycles. The Balaban J connectivity index is 1.66. The van der Waals surface area contributed by atoms with Crippen molar-refractivity contribution in [2.45, 2.75) is 63.7 Å². The molecule has 1 saturated heterocycles. The van der Waals surface area contributed by atoms with Gasteiger partial charge >= 0.3 is 12.1 Å². The standard InChI is InChI=1S/C24H31N3O7/c1-24(2,3)34-23(29)27-12-14(9-17(27)22(28)32-6)33-21-15-10-18(30-4)19(31-5)11-16(15)25-20(26-21)13-7-8-13/h10-11,13-14,17H,7-9,12H2,1-6H3/t14-,17?/m1/s1. The fraction of sp³-hybridized carbons (Fsp3) is 0.583. The molecular formula is C24H31N3O7. The monoisotopic (exact) mass is 473 g/mol.